The van der Waals surface area contributed by atoms with Gasteiger partial charge in [0, 0.05) is 11.3 Å². The molecule has 0 saturated carbocycles. The maximum Gasteiger partial charge on any atom is 0.179 e. The lowest BCUT2D eigenvalue weighted by atomic mass is 9.93. The molecule has 3 heterocycles. The number of aromatic nitrogens is 2. The van der Waals surface area contributed by atoms with E-state index in [9.17, 15) is 5.11 Å². The number of aliphatic imine (C=N–C) groups is 2. The zero-order valence-electron chi connectivity index (χ0n) is 23.6. The Morgan fingerprint density at radius 3 is 2.43 bits per heavy atom. The van der Waals surface area contributed by atoms with Crippen molar-refractivity contribution < 1.29 is 9.84 Å². The molecule has 7 rings (SSSR count). The summed E-state index contributed by atoms with van der Waals surface area (Å²) in [5.74, 6) is 2.58. The minimum Gasteiger partial charge on any atom is -0.504 e. The van der Waals surface area contributed by atoms with Gasteiger partial charge >= 0.3 is 0 Å². The van der Waals surface area contributed by atoms with Gasteiger partial charge in [0.2, 0.25) is 0 Å². The maximum absolute atomic E-state index is 10.6. The van der Waals surface area contributed by atoms with E-state index in [-0.39, 0.29) is 11.8 Å². The molecule has 42 heavy (non-hydrogen) atoms. The number of nitrogens with zero attached hydrogens (tertiary/aromatic N) is 5. The Balaban J connectivity index is 1.49. The van der Waals surface area contributed by atoms with Crippen molar-refractivity contribution >= 4 is 34.6 Å². The quantitative estimate of drug-likeness (QED) is 0.237. The summed E-state index contributed by atoms with van der Waals surface area (Å²) in [5, 5.41) is 19.1. The van der Waals surface area contributed by atoms with Crippen LogP contribution in [0.1, 0.15) is 35.3 Å². The van der Waals surface area contributed by atoms with Crippen molar-refractivity contribution in [2.45, 2.75) is 26.8 Å². The molecule has 5 aromatic rings. The molecule has 0 bridgehead atoms. The molecule has 0 aliphatic carbocycles. The van der Waals surface area contributed by atoms with E-state index in [4.69, 9.17) is 19.8 Å². The first-order valence-electron chi connectivity index (χ1n) is 14.0. The number of fused-ring (bicyclic) bond motifs is 4. The molecule has 208 valence electrons. The van der Waals surface area contributed by atoms with Crippen molar-refractivity contribution in [2.75, 3.05) is 16.8 Å². The molecule has 4 aromatic carbocycles. The molecule has 8 nitrogen and oxygen atoms in total. The van der Waals surface area contributed by atoms with Gasteiger partial charge in [0.1, 0.15) is 0 Å². The van der Waals surface area contributed by atoms with Crippen LogP contribution in [-0.4, -0.2) is 33.2 Å². The predicted molar refractivity (Wildman–Crippen MR) is 167 cm³/mol. The van der Waals surface area contributed by atoms with Crippen molar-refractivity contribution in [3.63, 3.8) is 0 Å². The highest BCUT2D eigenvalue weighted by Crippen LogP contribution is 2.49. The second kappa shape index (κ2) is 10.2. The number of hydrogen-bond donors (Lipinski definition) is 2. The summed E-state index contributed by atoms with van der Waals surface area (Å²) in [6, 6.07) is 31.6. The smallest absolute Gasteiger partial charge is 0.179 e. The Morgan fingerprint density at radius 1 is 0.881 bits per heavy atom. The molecular formula is C34H30N6O2. The van der Waals surface area contributed by atoms with Crippen LogP contribution in [0.3, 0.4) is 0 Å². The highest BCUT2D eigenvalue weighted by molar-refractivity contribution is 6.51. The lowest BCUT2D eigenvalue weighted by Crippen LogP contribution is -2.46. The van der Waals surface area contributed by atoms with E-state index >= 15 is 0 Å². The third-order valence-electron chi connectivity index (χ3n) is 7.55. The van der Waals surface area contributed by atoms with Gasteiger partial charge in [-0.2, -0.15) is 5.10 Å². The summed E-state index contributed by atoms with van der Waals surface area (Å²) in [5.41, 5.74) is 7.54. The predicted octanol–water partition coefficient (Wildman–Crippen LogP) is 7.39. The largest absolute Gasteiger partial charge is 0.504 e. The zero-order valence-corrected chi connectivity index (χ0v) is 23.6. The van der Waals surface area contributed by atoms with Gasteiger partial charge in [-0.1, -0.05) is 54.1 Å². The number of phenols is 1. The number of aryl methyl sites for hydroxylation is 2. The molecular weight excluding hydrogens is 524 g/mol. The summed E-state index contributed by atoms with van der Waals surface area (Å²) in [6.07, 6.45) is 0. The molecule has 1 aromatic heterocycles. The molecule has 0 radical (unpaired) electrons. The highest BCUT2D eigenvalue weighted by Gasteiger charge is 2.41. The third kappa shape index (κ3) is 4.28. The van der Waals surface area contributed by atoms with Crippen molar-refractivity contribution in [3.8, 4) is 17.2 Å². The van der Waals surface area contributed by atoms with E-state index in [1.807, 2.05) is 91.3 Å². The van der Waals surface area contributed by atoms with Gasteiger partial charge < -0.3 is 20.1 Å². The fourth-order valence-corrected chi connectivity index (χ4v) is 5.61. The van der Waals surface area contributed by atoms with Crippen LogP contribution in [0.2, 0.25) is 0 Å². The average Bonchev–Trinajstić information content (AvgIpc) is 3.35. The molecule has 1 unspecified atom stereocenters. The van der Waals surface area contributed by atoms with E-state index in [1.54, 1.807) is 6.07 Å². The number of para-hydroxylation sites is 3. The first-order chi connectivity index (χ1) is 20.5. The van der Waals surface area contributed by atoms with Crippen LogP contribution in [0.15, 0.2) is 107 Å². The van der Waals surface area contributed by atoms with Crippen LogP contribution in [0.5, 0.6) is 11.5 Å². The number of anilines is 2. The van der Waals surface area contributed by atoms with Crippen LogP contribution >= 0.6 is 0 Å². The Morgan fingerprint density at radius 2 is 1.64 bits per heavy atom. The van der Waals surface area contributed by atoms with Crippen molar-refractivity contribution in [1.82, 2.24) is 9.78 Å². The van der Waals surface area contributed by atoms with E-state index in [2.05, 4.69) is 35.3 Å². The van der Waals surface area contributed by atoms with Gasteiger partial charge in [0.25, 0.3) is 0 Å². The fourth-order valence-electron chi connectivity index (χ4n) is 5.61. The molecule has 0 amide bonds. The Kier molecular flexibility index (Phi) is 6.23. The Hall–Kier alpha value is -5.37. The van der Waals surface area contributed by atoms with E-state index in [1.165, 1.54) is 5.56 Å². The normalized spacial score (nSPS) is 15.2. The molecule has 0 spiro atoms. The first kappa shape index (κ1) is 25.6. The second-order valence-corrected chi connectivity index (χ2v) is 10.4. The zero-order chi connectivity index (χ0) is 28.8. The lowest BCUT2D eigenvalue weighted by Gasteiger charge is -2.40. The van der Waals surface area contributed by atoms with Crippen molar-refractivity contribution in [3.05, 3.63) is 119 Å². The molecule has 2 aliphatic heterocycles. The fraction of sp³-hybridized carbons (Fsp3) is 0.147. The number of benzene rings is 4. The number of aromatic hydroxyl groups is 1. The number of rotatable bonds is 5. The number of nitrogens with one attached hydrogen (secondary N) is 1. The van der Waals surface area contributed by atoms with Crippen molar-refractivity contribution in [2.24, 2.45) is 9.98 Å². The van der Waals surface area contributed by atoms with Crippen LogP contribution < -0.4 is 15.0 Å². The standard InChI is InChI=1S/C34H30N6O2/c1-4-42-29-20-23(16-19-28(29)41)31-30-22(3)38-40(25-10-6-5-7-11-25)33(30)37-34-32(35-24-17-14-21(2)15-18-24)36-26-12-8-9-13-27(26)39(31)34/h5-20,31,41H,4H2,1-3H3,(H,35,36). The van der Waals surface area contributed by atoms with Gasteiger partial charge in [0.05, 0.1) is 35.4 Å². The van der Waals surface area contributed by atoms with E-state index in [0.29, 0.717) is 24.0 Å². The number of ether oxygens (including phenoxy) is 1. The summed E-state index contributed by atoms with van der Waals surface area (Å²) in [7, 11) is 0. The number of amidine groups is 2. The summed E-state index contributed by atoms with van der Waals surface area (Å²) in [6.45, 7) is 6.43. The lowest BCUT2D eigenvalue weighted by molar-refractivity contribution is 0.317. The topological polar surface area (TPSA) is 87.3 Å². The minimum atomic E-state index is -0.323. The monoisotopic (exact) mass is 554 g/mol. The second-order valence-electron chi connectivity index (χ2n) is 10.4. The average molecular weight is 555 g/mol. The van der Waals surface area contributed by atoms with Gasteiger partial charge in [-0.15, -0.1) is 0 Å². The van der Waals surface area contributed by atoms with E-state index in [0.717, 1.165) is 45.4 Å². The molecule has 0 saturated heterocycles. The number of hydrogen-bond acceptors (Lipinski definition) is 7. The SMILES string of the molecule is CCOc1cc(C2c3c(C)nn(-c4ccccc4)c3N=C3C(Nc4ccc(C)cc4)=Nc4ccccc4N32)ccc1O. The first-order valence-corrected chi connectivity index (χ1v) is 14.0. The third-order valence-corrected chi connectivity index (χ3v) is 7.55. The summed E-state index contributed by atoms with van der Waals surface area (Å²) >= 11 is 0. The van der Waals surface area contributed by atoms with Crippen molar-refractivity contribution in [1.29, 1.82) is 0 Å². The minimum absolute atomic E-state index is 0.101. The van der Waals surface area contributed by atoms with E-state index < -0.39 is 0 Å². The Labute approximate surface area is 244 Å². The highest BCUT2D eigenvalue weighted by atomic mass is 16.5. The van der Waals surface area contributed by atoms with Crippen LogP contribution in [0, 0.1) is 13.8 Å². The van der Waals surface area contributed by atoms with Crippen LogP contribution in [0.4, 0.5) is 22.9 Å². The maximum atomic E-state index is 10.6. The van der Waals surface area contributed by atoms with Crippen LogP contribution in [0.25, 0.3) is 5.69 Å². The molecule has 8 heteroatoms. The van der Waals surface area contributed by atoms with Gasteiger partial charge in [-0.25, -0.2) is 14.7 Å². The molecule has 0 fully saturated rings. The van der Waals surface area contributed by atoms with Gasteiger partial charge in [0.15, 0.2) is 29.0 Å². The number of phenolic OH excluding ortho intramolecular Hbond substituents is 1. The summed E-state index contributed by atoms with van der Waals surface area (Å²) in [4.78, 5) is 12.6. The van der Waals surface area contributed by atoms with Gasteiger partial charge in [-0.3, -0.25) is 0 Å². The summed E-state index contributed by atoms with van der Waals surface area (Å²) < 4.78 is 7.72. The molecule has 2 aliphatic rings. The Bertz CT molecular complexity index is 1860. The van der Waals surface area contributed by atoms with Gasteiger partial charge in [-0.05, 0) is 74.9 Å². The molecule has 2 N–H and O–H groups in total. The van der Waals surface area contributed by atoms with Crippen LogP contribution in [-0.2, 0) is 0 Å². The molecule has 1 atom stereocenters.